The maximum atomic E-state index is 11.0. The molecule has 2 N–H and O–H groups in total. The predicted octanol–water partition coefficient (Wildman–Crippen LogP) is 2.84. The van der Waals surface area contributed by atoms with Crippen molar-refractivity contribution in [3.05, 3.63) is 75.7 Å². The topological polar surface area (TPSA) is 88.4 Å². The van der Waals surface area contributed by atoms with Crippen molar-refractivity contribution in [2.45, 2.75) is 26.2 Å². The van der Waals surface area contributed by atoms with Crippen molar-refractivity contribution < 1.29 is 14.3 Å². The Bertz CT molecular complexity index is 881. The van der Waals surface area contributed by atoms with Crippen LogP contribution in [0, 0.1) is 0 Å². The lowest BCUT2D eigenvalue weighted by Gasteiger charge is -2.07. The number of rotatable bonds is 7. The largest absolute Gasteiger partial charge is 0.493 e. The summed E-state index contributed by atoms with van der Waals surface area (Å²) in [6.45, 7) is 2.67. The molecule has 0 unspecified atom stereocenters. The highest BCUT2D eigenvalue weighted by molar-refractivity contribution is 5.31. The lowest BCUT2D eigenvalue weighted by Crippen LogP contribution is -2.03. The summed E-state index contributed by atoms with van der Waals surface area (Å²) in [6, 6.07) is 11.6. The molecular weight excluding hydrogens is 320 g/mol. The molecule has 0 bridgehead atoms. The molecule has 0 amide bonds. The predicted molar refractivity (Wildman–Crippen MR) is 93.1 cm³/mol. The number of aromatic hydroxyl groups is 1. The number of aromatic nitrogens is 2. The molecule has 0 fully saturated rings. The summed E-state index contributed by atoms with van der Waals surface area (Å²) in [5, 5.41) is 9.53. The highest BCUT2D eigenvalue weighted by Gasteiger charge is 2.09. The molecule has 0 aliphatic heterocycles. The number of aryl methyl sites for hydroxylation is 1. The minimum absolute atomic E-state index is 0.223. The third-order valence-corrected chi connectivity index (χ3v) is 3.90. The zero-order valence-corrected chi connectivity index (χ0v) is 14.0. The molecule has 0 saturated heterocycles. The van der Waals surface area contributed by atoms with Crippen LogP contribution < -0.4 is 10.5 Å². The molecule has 1 aromatic carbocycles. The van der Waals surface area contributed by atoms with Gasteiger partial charge in [0.2, 0.25) is 5.88 Å². The van der Waals surface area contributed by atoms with Gasteiger partial charge in [-0.2, -0.15) is 0 Å². The second-order valence-corrected chi connectivity index (χ2v) is 5.71. The monoisotopic (exact) mass is 340 g/mol. The molecule has 6 heteroatoms. The molecule has 0 aliphatic rings. The quantitative estimate of drug-likeness (QED) is 0.690. The number of benzene rings is 1. The Morgan fingerprint density at radius 2 is 2.00 bits per heavy atom. The van der Waals surface area contributed by atoms with Gasteiger partial charge in [0.1, 0.15) is 5.75 Å². The third kappa shape index (κ3) is 4.50. The summed E-state index contributed by atoms with van der Waals surface area (Å²) in [6.07, 6.45) is 3.91. The van der Waals surface area contributed by atoms with Crippen LogP contribution in [-0.2, 0) is 19.3 Å². The highest BCUT2D eigenvalue weighted by atomic mass is 16.5. The summed E-state index contributed by atoms with van der Waals surface area (Å²) in [7, 11) is 0. The van der Waals surface area contributed by atoms with E-state index in [-0.39, 0.29) is 11.6 Å². The van der Waals surface area contributed by atoms with Crippen LogP contribution in [-0.4, -0.2) is 21.7 Å². The Kier molecular flexibility index (Phi) is 5.18. The first-order valence-corrected chi connectivity index (χ1v) is 8.20. The Balaban J connectivity index is 1.53. The fourth-order valence-electron chi connectivity index (χ4n) is 2.52. The van der Waals surface area contributed by atoms with Crippen LogP contribution in [0.15, 0.2) is 51.8 Å². The van der Waals surface area contributed by atoms with E-state index in [0.717, 1.165) is 29.8 Å². The molecule has 0 radical (unpaired) electrons. The number of hydrogen-bond donors (Lipinski definition) is 2. The third-order valence-electron chi connectivity index (χ3n) is 3.90. The molecule has 130 valence electrons. The van der Waals surface area contributed by atoms with Gasteiger partial charge in [0.15, 0.2) is 5.76 Å². The van der Waals surface area contributed by atoms with E-state index < -0.39 is 5.76 Å². The fourth-order valence-corrected chi connectivity index (χ4v) is 2.52. The molecular formula is C19H20N2O4. The molecule has 6 nitrogen and oxygen atoms in total. The SMILES string of the molecule is CCc1ccnc(CCOc2ccc(Cc3oc(=O)[nH]c3O)cc2)c1. The molecule has 0 aliphatic carbocycles. The van der Waals surface area contributed by atoms with Crippen molar-refractivity contribution in [2.24, 2.45) is 0 Å². The van der Waals surface area contributed by atoms with Crippen molar-refractivity contribution >= 4 is 0 Å². The summed E-state index contributed by atoms with van der Waals surface area (Å²) < 4.78 is 10.6. The number of hydrogen-bond acceptors (Lipinski definition) is 5. The lowest BCUT2D eigenvalue weighted by atomic mass is 10.1. The van der Waals surface area contributed by atoms with Crippen molar-refractivity contribution in [1.82, 2.24) is 9.97 Å². The molecule has 0 saturated carbocycles. The lowest BCUT2D eigenvalue weighted by molar-refractivity contribution is 0.320. The van der Waals surface area contributed by atoms with E-state index >= 15 is 0 Å². The molecule has 3 aromatic rings. The highest BCUT2D eigenvalue weighted by Crippen LogP contribution is 2.19. The van der Waals surface area contributed by atoms with Crippen LogP contribution in [0.3, 0.4) is 0 Å². The van der Waals surface area contributed by atoms with Gasteiger partial charge in [0.05, 0.1) is 6.61 Å². The Hall–Kier alpha value is -3.02. The molecule has 0 atom stereocenters. The number of pyridine rings is 1. The molecule has 2 aromatic heterocycles. The van der Waals surface area contributed by atoms with E-state index in [4.69, 9.17) is 9.15 Å². The molecule has 3 rings (SSSR count). The Morgan fingerprint density at radius 1 is 1.20 bits per heavy atom. The zero-order valence-electron chi connectivity index (χ0n) is 14.0. The van der Waals surface area contributed by atoms with Gasteiger partial charge >= 0.3 is 5.76 Å². The van der Waals surface area contributed by atoms with Crippen LogP contribution in [0.25, 0.3) is 0 Å². The second kappa shape index (κ2) is 7.70. The number of nitrogens with zero attached hydrogens (tertiary/aromatic N) is 1. The van der Waals surface area contributed by atoms with Crippen molar-refractivity contribution in [2.75, 3.05) is 6.61 Å². The Labute approximate surface area is 145 Å². The molecule has 2 heterocycles. The van der Waals surface area contributed by atoms with E-state index in [2.05, 4.69) is 23.0 Å². The summed E-state index contributed by atoms with van der Waals surface area (Å²) in [4.78, 5) is 17.6. The first kappa shape index (κ1) is 16.8. The smallest absolute Gasteiger partial charge is 0.419 e. The number of H-pyrrole nitrogens is 1. The van der Waals surface area contributed by atoms with E-state index in [1.165, 1.54) is 5.56 Å². The van der Waals surface area contributed by atoms with Crippen LogP contribution in [0.4, 0.5) is 0 Å². The molecule has 0 spiro atoms. The number of ether oxygens (including phenoxy) is 1. The van der Waals surface area contributed by atoms with E-state index in [9.17, 15) is 9.90 Å². The standard InChI is InChI=1S/C19H20N2O4/c1-2-13-7-9-20-15(11-13)8-10-24-16-5-3-14(4-6-16)12-17-18(22)21-19(23)25-17/h3-7,9,11,22H,2,8,10,12H2,1H3,(H,21,23). The maximum absolute atomic E-state index is 11.0. The van der Waals surface area contributed by atoms with E-state index in [1.807, 2.05) is 36.5 Å². The van der Waals surface area contributed by atoms with Gasteiger partial charge in [0.25, 0.3) is 0 Å². The first-order valence-electron chi connectivity index (χ1n) is 8.20. The van der Waals surface area contributed by atoms with E-state index in [1.54, 1.807) is 0 Å². The minimum Gasteiger partial charge on any atom is -0.493 e. The summed E-state index contributed by atoms with van der Waals surface area (Å²) >= 11 is 0. The van der Waals surface area contributed by atoms with Crippen LogP contribution in [0.5, 0.6) is 11.6 Å². The van der Waals surface area contributed by atoms with E-state index in [0.29, 0.717) is 13.0 Å². The number of aromatic amines is 1. The van der Waals surface area contributed by atoms with Crippen molar-refractivity contribution in [1.29, 1.82) is 0 Å². The van der Waals surface area contributed by atoms with Gasteiger partial charge < -0.3 is 14.3 Å². The zero-order chi connectivity index (χ0) is 17.6. The summed E-state index contributed by atoms with van der Waals surface area (Å²) in [5.41, 5.74) is 3.20. The number of nitrogens with one attached hydrogen (secondary N) is 1. The van der Waals surface area contributed by atoms with Crippen LogP contribution >= 0.6 is 0 Å². The molecule has 25 heavy (non-hydrogen) atoms. The normalized spacial score (nSPS) is 10.8. The second-order valence-electron chi connectivity index (χ2n) is 5.71. The van der Waals surface area contributed by atoms with Gasteiger partial charge in [-0.3, -0.25) is 9.97 Å². The fraction of sp³-hybridized carbons (Fsp3) is 0.263. The van der Waals surface area contributed by atoms with Gasteiger partial charge in [-0.25, -0.2) is 4.79 Å². The van der Waals surface area contributed by atoms with Gasteiger partial charge in [-0.05, 0) is 41.8 Å². The van der Waals surface area contributed by atoms with Gasteiger partial charge in [-0.1, -0.05) is 19.1 Å². The number of oxazole rings is 1. The average Bonchev–Trinajstić information content (AvgIpc) is 2.94. The van der Waals surface area contributed by atoms with Gasteiger partial charge in [0, 0.05) is 24.7 Å². The van der Waals surface area contributed by atoms with Crippen molar-refractivity contribution in [3.63, 3.8) is 0 Å². The van der Waals surface area contributed by atoms with Crippen LogP contribution in [0.1, 0.15) is 29.5 Å². The Morgan fingerprint density at radius 3 is 2.68 bits per heavy atom. The maximum Gasteiger partial charge on any atom is 0.419 e. The average molecular weight is 340 g/mol. The van der Waals surface area contributed by atoms with Gasteiger partial charge in [-0.15, -0.1) is 0 Å². The minimum atomic E-state index is -0.659. The van der Waals surface area contributed by atoms with Crippen molar-refractivity contribution in [3.8, 4) is 11.6 Å². The summed E-state index contributed by atoms with van der Waals surface area (Å²) in [5.74, 6) is 0.0935. The first-order chi connectivity index (χ1) is 12.1. The van der Waals surface area contributed by atoms with Crippen LogP contribution in [0.2, 0.25) is 0 Å².